The second kappa shape index (κ2) is 7.15. The molecule has 1 unspecified atom stereocenters. The Kier molecular flexibility index (Phi) is 4.98. The first-order valence-electron chi connectivity index (χ1n) is 8.06. The number of aryl methyl sites for hydroxylation is 1. The molecule has 124 valence electrons. The molecule has 2 heterocycles. The molecule has 5 heteroatoms. The fraction of sp³-hybridized carbons (Fsp3) is 0.500. The lowest BCUT2D eigenvalue weighted by atomic mass is 9.98. The van der Waals surface area contributed by atoms with Gasteiger partial charge >= 0.3 is 0 Å². The van der Waals surface area contributed by atoms with Crippen LogP contribution in [0.1, 0.15) is 5.56 Å². The molecule has 0 bridgehead atoms. The number of nitrogens with zero attached hydrogens (tertiary/aromatic N) is 2. The fourth-order valence-electron chi connectivity index (χ4n) is 3.24. The lowest BCUT2D eigenvalue weighted by molar-refractivity contribution is -0.135. The molecular weight excluding hydrogens is 292 g/mol. The summed E-state index contributed by atoms with van der Waals surface area (Å²) in [5.74, 6) is 0.362. The molecule has 0 aliphatic carbocycles. The van der Waals surface area contributed by atoms with E-state index in [1.807, 2.05) is 4.90 Å². The highest BCUT2D eigenvalue weighted by molar-refractivity contribution is 5.80. The second-order valence-electron chi connectivity index (χ2n) is 6.24. The number of benzene rings is 1. The predicted molar refractivity (Wildman–Crippen MR) is 89.4 cm³/mol. The van der Waals surface area contributed by atoms with Crippen molar-refractivity contribution in [1.82, 2.24) is 9.47 Å². The Hall–Kier alpha value is -1.85. The minimum Gasteiger partial charge on any atom is -0.379 e. The van der Waals surface area contributed by atoms with E-state index in [9.17, 15) is 4.79 Å². The molecule has 5 nitrogen and oxygen atoms in total. The Morgan fingerprint density at radius 3 is 3.09 bits per heavy atom. The van der Waals surface area contributed by atoms with E-state index in [0.717, 1.165) is 13.0 Å². The highest BCUT2D eigenvalue weighted by Gasteiger charge is 2.22. The van der Waals surface area contributed by atoms with Gasteiger partial charge in [0.25, 0.3) is 0 Å². The van der Waals surface area contributed by atoms with Gasteiger partial charge in [-0.2, -0.15) is 0 Å². The highest BCUT2D eigenvalue weighted by atomic mass is 16.5. The van der Waals surface area contributed by atoms with Crippen molar-refractivity contribution in [3.63, 3.8) is 0 Å². The number of hydrogen-bond donors (Lipinski definition) is 0. The molecule has 1 saturated heterocycles. The van der Waals surface area contributed by atoms with Crippen LogP contribution in [-0.2, 0) is 27.7 Å². The third-order valence-electron chi connectivity index (χ3n) is 4.43. The third-order valence-corrected chi connectivity index (χ3v) is 4.43. The summed E-state index contributed by atoms with van der Waals surface area (Å²) in [6.45, 7) is 2.82. The van der Waals surface area contributed by atoms with E-state index in [1.54, 1.807) is 7.11 Å². The quantitative estimate of drug-likeness (QED) is 0.864. The van der Waals surface area contributed by atoms with Gasteiger partial charge in [0.2, 0.25) is 5.91 Å². The predicted octanol–water partition coefficient (Wildman–Crippen LogP) is 1.84. The minimum atomic E-state index is 0.0431. The first-order valence-corrected chi connectivity index (χ1v) is 8.06. The number of hydrogen-bond acceptors (Lipinski definition) is 3. The summed E-state index contributed by atoms with van der Waals surface area (Å²) < 4.78 is 12.8. The zero-order valence-corrected chi connectivity index (χ0v) is 13.8. The van der Waals surface area contributed by atoms with Gasteiger partial charge in [-0.1, -0.05) is 6.07 Å². The van der Waals surface area contributed by atoms with Gasteiger partial charge in [0, 0.05) is 44.9 Å². The van der Waals surface area contributed by atoms with Crippen molar-refractivity contribution in [2.75, 3.05) is 40.0 Å². The van der Waals surface area contributed by atoms with E-state index in [4.69, 9.17) is 9.47 Å². The standard InChI is InChI=1S/C18H24N2O3/c1-19-6-5-16-10-14(3-4-17(16)19)9-15-11-20(7-8-23-12-15)18(21)13-22-2/h3-6,10,15H,7-9,11-13H2,1-2H3. The molecule has 3 rings (SSSR count). The minimum absolute atomic E-state index is 0.0431. The molecule has 0 N–H and O–H groups in total. The number of carbonyl (C=O) groups excluding carboxylic acids is 1. The van der Waals surface area contributed by atoms with E-state index in [1.165, 1.54) is 16.5 Å². The summed E-state index contributed by atoms with van der Waals surface area (Å²) in [5, 5.41) is 1.26. The molecule has 1 aromatic heterocycles. The first kappa shape index (κ1) is 16.0. The van der Waals surface area contributed by atoms with Gasteiger partial charge in [0.1, 0.15) is 6.61 Å². The normalized spacial score (nSPS) is 19.0. The van der Waals surface area contributed by atoms with Gasteiger partial charge in [-0.3, -0.25) is 4.79 Å². The lowest BCUT2D eigenvalue weighted by Crippen LogP contribution is -2.38. The van der Waals surface area contributed by atoms with E-state index in [-0.39, 0.29) is 12.5 Å². The molecule has 23 heavy (non-hydrogen) atoms. The van der Waals surface area contributed by atoms with Crippen molar-refractivity contribution < 1.29 is 14.3 Å². The summed E-state index contributed by atoms with van der Waals surface area (Å²) in [6.07, 6.45) is 3.00. The highest BCUT2D eigenvalue weighted by Crippen LogP contribution is 2.20. The van der Waals surface area contributed by atoms with E-state index in [2.05, 4.69) is 42.1 Å². The summed E-state index contributed by atoms with van der Waals surface area (Å²) in [4.78, 5) is 13.9. The van der Waals surface area contributed by atoms with Crippen LogP contribution in [0.4, 0.5) is 0 Å². The van der Waals surface area contributed by atoms with Crippen molar-refractivity contribution in [3.05, 3.63) is 36.0 Å². The number of fused-ring (bicyclic) bond motifs is 1. The van der Waals surface area contributed by atoms with Crippen molar-refractivity contribution in [2.45, 2.75) is 6.42 Å². The Balaban J connectivity index is 1.70. The van der Waals surface area contributed by atoms with Gasteiger partial charge in [0.05, 0.1) is 13.2 Å². The van der Waals surface area contributed by atoms with E-state index >= 15 is 0 Å². The van der Waals surface area contributed by atoms with Crippen molar-refractivity contribution in [2.24, 2.45) is 13.0 Å². The number of methoxy groups -OCH3 is 1. The van der Waals surface area contributed by atoms with Gasteiger partial charge in [-0.05, 0) is 35.6 Å². The summed E-state index contributed by atoms with van der Waals surface area (Å²) in [7, 11) is 3.61. The summed E-state index contributed by atoms with van der Waals surface area (Å²) >= 11 is 0. The van der Waals surface area contributed by atoms with E-state index < -0.39 is 0 Å². The Morgan fingerprint density at radius 1 is 1.39 bits per heavy atom. The number of rotatable bonds is 4. The van der Waals surface area contributed by atoms with Crippen LogP contribution in [0, 0.1) is 5.92 Å². The van der Waals surface area contributed by atoms with E-state index in [0.29, 0.717) is 25.7 Å². The maximum Gasteiger partial charge on any atom is 0.248 e. The van der Waals surface area contributed by atoms with Crippen molar-refractivity contribution in [1.29, 1.82) is 0 Å². The van der Waals surface area contributed by atoms with Gasteiger partial charge < -0.3 is 18.9 Å². The number of aromatic nitrogens is 1. The SMILES string of the molecule is COCC(=O)N1CCOCC(Cc2ccc3c(ccn3C)c2)C1. The molecule has 1 aromatic carbocycles. The van der Waals surface area contributed by atoms with Crippen LogP contribution in [0.2, 0.25) is 0 Å². The summed E-state index contributed by atoms with van der Waals surface area (Å²) in [6, 6.07) is 8.71. The smallest absolute Gasteiger partial charge is 0.248 e. The third kappa shape index (κ3) is 3.74. The molecule has 1 fully saturated rings. The maximum atomic E-state index is 12.1. The van der Waals surface area contributed by atoms with Crippen molar-refractivity contribution in [3.8, 4) is 0 Å². The molecule has 1 amide bonds. The van der Waals surface area contributed by atoms with Crippen LogP contribution in [-0.4, -0.2) is 55.4 Å². The van der Waals surface area contributed by atoms with Crippen LogP contribution < -0.4 is 0 Å². The molecule has 1 aliphatic heterocycles. The lowest BCUT2D eigenvalue weighted by Gasteiger charge is -2.23. The summed E-state index contributed by atoms with van der Waals surface area (Å²) in [5.41, 5.74) is 2.53. The molecule has 1 aliphatic rings. The monoisotopic (exact) mass is 316 g/mol. The average molecular weight is 316 g/mol. The van der Waals surface area contributed by atoms with Crippen LogP contribution in [0.5, 0.6) is 0 Å². The van der Waals surface area contributed by atoms with Gasteiger partial charge in [0.15, 0.2) is 0 Å². The largest absolute Gasteiger partial charge is 0.379 e. The first-order chi connectivity index (χ1) is 11.2. The van der Waals surface area contributed by atoms with Crippen molar-refractivity contribution >= 4 is 16.8 Å². The number of amides is 1. The fourth-order valence-corrected chi connectivity index (χ4v) is 3.24. The van der Waals surface area contributed by atoms with Crippen LogP contribution in [0.3, 0.4) is 0 Å². The molecule has 0 saturated carbocycles. The maximum absolute atomic E-state index is 12.1. The molecule has 2 aromatic rings. The number of carbonyl (C=O) groups is 1. The zero-order valence-electron chi connectivity index (χ0n) is 13.8. The Morgan fingerprint density at radius 2 is 2.26 bits per heavy atom. The topological polar surface area (TPSA) is 43.7 Å². The van der Waals surface area contributed by atoms with Gasteiger partial charge in [-0.15, -0.1) is 0 Å². The molecule has 0 radical (unpaired) electrons. The van der Waals surface area contributed by atoms with Crippen LogP contribution in [0.25, 0.3) is 10.9 Å². The van der Waals surface area contributed by atoms with Crippen LogP contribution >= 0.6 is 0 Å². The second-order valence-corrected chi connectivity index (χ2v) is 6.24. The zero-order chi connectivity index (χ0) is 16.2. The molecule has 0 spiro atoms. The molecular formula is C18H24N2O3. The Labute approximate surface area is 136 Å². The van der Waals surface area contributed by atoms with Gasteiger partial charge in [-0.25, -0.2) is 0 Å². The average Bonchev–Trinajstić information content (AvgIpc) is 2.76. The van der Waals surface area contributed by atoms with Crippen LogP contribution in [0.15, 0.2) is 30.5 Å². The number of ether oxygens (including phenoxy) is 2. The molecule has 1 atom stereocenters. The Bertz CT molecular complexity index is 680.